The van der Waals surface area contributed by atoms with E-state index < -0.39 is 5.92 Å². The maximum Gasteiger partial charge on any atom is 0.180 e. The molecule has 1 heterocycles. The Morgan fingerprint density at radius 3 is 2.19 bits per heavy atom. The van der Waals surface area contributed by atoms with Gasteiger partial charge in [0, 0.05) is 16.5 Å². The van der Waals surface area contributed by atoms with Crippen molar-refractivity contribution in [3.8, 4) is 0 Å². The monoisotopic (exact) mass is 274 g/mol. The van der Waals surface area contributed by atoms with E-state index in [4.69, 9.17) is 1.37 Å². The number of benzene rings is 2. The largest absolute Gasteiger partial charge is 0.293 e. The van der Waals surface area contributed by atoms with Gasteiger partial charge in [0.05, 0.1) is 12.6 Å². The highest BCUT2D eigenvalue weighted by molar-refractivity contribution is 6.29. The number of pyridine rings is 1. The van der Waals surface area contributed by atoms with Crippen molar-refractivity contribution in [2.75, 3.05) is 0 Å². The van der Waals surface area contributed by atoms with Gasteiger partial charge in [-0.1, -0.05) is 48.5 Å². The standard InChI is InChI=1S/C18H11NO2/c20-17-12-6-2-3-7-13(12)18(21)16(17)15-10-9-11-5-1-4-8-14(11)19-15/h1-10,16H/i10D. The number of rotatable bonds is 1. The van der Waals surface area contributed by atoms with E-state index in [0.717, 1.165) is 5.39 Å². The van der Waals surface area contributed by atoms with Crippen LogP contribution in [0.25, 0.3) is 10.9 Å². The van der Waals surface area contributed by atoms with Crippen molar-refractivity contribution in [3.05, 3.63) is 77.5 Å². The maximum absolute atomic E-state index is 12.6. The minimum absolute atomic E-state index is 0.123. The molecule has 0 unspecified atom stereocenters. The van der Waals surface area contributed by atoms with Gasteiger partial charge in [-0.15, -0.1) is 0 Å². The average Bonchev–Trinajstić information content (AvgIpc) is 2.79. The Morgan fingerprint density at radius 1 is 0.857 bits per heavy atom. The molecular weight excluding hydrogens is 262 g/mol. The number of nitrogens with zero attached hydrogens (tertiary/aromatic N) is 1. The summed E-state index contributed by atoms with van der Waals surface area (Å²) >= 11 is 0. The third-order valence-corrected chi connectivity index (χ3v) is 3.81. The summed E-state index contributed by atoms with van der Waals surface area (Å²) in [5, 5.41) is 0.826. The Bertz CT molecular complexity index is 914. The van der Waals surface area contributed by atoms with Gasteiger partial charge in [-0.25, -0.2) is 0 Å². The molecule has 4 rings (SSSR count). The second-order valence-corrected chi connectivity index (χ2v) is 5.05. The second-order valence-electron chi connectivity index (χ2n) is 5.05. The first kappa shape index (κ1) is 10.9. The zero-order valence-electron chi connectivity index (χ0n) is 12.0. The molecule has 21 heavy (non-hydrogen) atoms. The summed E-state index contributed by atoms with van der Waals surface area (Å²) in [6.45, 7) is 0. The predicted molar refractivity (Wildman–Crippen MR) is 79.6 cm³/mol. The Balaban J connectivity index is 1.92. The minimum atomic E-state index is -0.991. The lowest BCUT2D eigenvalue weighted by Gasteiger charge is -2.07. The van der Waals surface area contributed by atoms with E-state index in [0.29, 0.717) is 16.6 Å². The van der Waals surface area contributed by atoms with Crippen molar-refractivity contribution in [1.82, 2.24) is 4.98 Å². The Labute approximate surface area is 122 Å². The highest BCUT2D eigenvalue weighted by atomic mass is 16.2. The van der Waals surface area contributed by atoms with Crippen LogP contribution in [0, 0.1) is 0 Å². The van der Waals surface area contributed by atoms with Crippen molar-refractivity contribution in [1.29, 1.82) is 0 Å². The molecule has 0 atom stereocenters. The van der Waals surface area contributed by atoms with Crippen LogP contribution in [-0.4, -0.2) is 16.6 Å². The Kier molecular flexibility index (Phi) is 2.26. The van der Waals surface area contributed by atoms with E-state index in [9.17, 15) is 9.59 Å². The van der Waals surface area contributed by atoms with Gasteiger partial charge in [0.2, 0.25) is 0 Å². The molecular formula is C18H11NO2. The summed E-state index contributed by atoms with van der Waals surface area (Å²) in [7, 11) is 0. The van der Waals surface area contributed by atoms with Crippen molar-refractivity contribution in [2.45, 2.75) is 5.92 Å². The van der Waals surface area contributed by atoms with Gasteiger partial charge >= 0.3 is 0 Å². The molecule has 3 aromatic rings. The molecule has 1 aromatic heterocycles. The SMILES string of the molecule is [2H]c1cc2ccccc2nc1C1C(=O)c2ccccc2C1=O. The summed E-state index contributed by atoms with van der Waals surface area (Å²) < 4.78 is 8.14. The van der Waals surface area contributed by atoms with Gasteiger partial charge in [-0.2, -0.15) is 0 Å². The summed E-state index contributed by atoms with van der Waals surface area (Å²) in [5.74, 6) is -1.52. The number of fused-ring (bicyclic) bond motifs is 2. The molecule has 0 amide bonds. The normalized spacial score (nSPS) is 15.3. The molecule has 0 spiro atoms. The minimum Gasteiger partial charge on any atom is -0.293 e. The molecule has 100 valence electrons. The highest BCUT2D eigenvalue weighted by Gasteiger charge is 2.40. The Morgan fingerprint density at radius 2 is 1.48 bits per heavy atom. The van der Waals surface area contributed by atoms with Crippen LogP contribution < -0.4 is 0 Å². The average molecular weight is 274 g/mol. The van der Waals surface area contributed by atoms with Crippen molar-refractivity contribution >= 4 is 22.5 Å². The van der Waals surface area contributed by atoms with Gasteiger partial charge < -0.3 is 0 Å². The number of hydrogen-bond acceptors (Lipinski definition) is 3. The summed E-state index contributed by atoms with van der Waals surface area (Å²) in [4.78, 5) is 29.5. The zero-order valence-corrected chi connectivity index (χ0v) is 11.0. The van der Waals surface area contributed by atoms with Crippen LogP contribution in [0.2, 0.25) is 0 Å². The van der Waals surface area contributed by atoms with E-state index in [1.54, 1.807) is 30.3 Å². The van der Waals surface area contributed by atoms with Gasteiger partial charge in [-0.3, -0.25) is 14.6 Å². The van der Waals surface area contributed by atoms with E-state index in [1.807, 2.05) is 24.3 Å². The third-order valence-electron chi connectivity index (χ3n) is 3.81. The van der Waals surface area contributed by atoms with Crippen molar-refractivity contribution in [3.63, 3.8) is 0 Å². The number of carbonyl (C=O) groups is 2. The second kappa shape index (κ2) is 4.35. The molecule has 0 radical (unpaired) electrons. The molecule has 1 aliphatic rings. The molecule has 0 saturated carbocycles. The fourth-order valence-corrected chi connectivity index (χ4v) is 2.76. The highest BCUT2D eigenvalue weighted by Crippen LogP contribution is 2.33. The molecule has 0 bridgehead atoms. The van der Waals surface area contributed by atoms with Gasteiger partial charge in [-0.05, 0) is 12.1 Å². The lowest BCUT2D eigenvalue weighted by Crippen LogP contribution is -2.14. The predicted octanol–water partition coefficient (Wildman–Crippen LogP) is 3.40. The van der Waals surface area contributed by atoms with Crippen LogP contribution in [-0.2, 0) is 0 Å². The molecule has 1 aliphatic carbocycles. The van der Waals surface area contributed by atoms with Crippen LogP contribution in [0.3, 0.4) is 0 Å². The zero-order chi connectivity index (χ0) is 15.3. The molecule has 0 N–H and O–H groups in total. The molecule has 3 heteroatoms. The Hall–Kier alpha value is -2.81. The molecule has 0 saturated heterocycles. The van der Waals surface area contributed by atoms with E-state index in [-0.39, 0.29) is 23.3 Å². The van der Waals surface area contributed by atoms with E-state index in [2.05, 4.69) is 4.98 Å². The first-order valence-corrected chi connectivity index (χ1v) is 6.70. The molecule has 3 nitrogen and oxygen atoms in total. The van der Waals surface area contributed by atoms with E-state index >= 15 is 0 Å². The van der Waals surface area contributed by atoms with Crippen molar-refractivity contribution in [2.24, 2.45) is 0 Å². The lowest BCUT2D eigenvalue weighted by atomic mass is 9.98. The summed E-state index contributed by atoms with van der Waals surface area (Å²) in [6.07, 6.45) is 0. The van der Waals surface area contributed by atoms with Crippen molar-refractivity contribution < 1.29 is 11.0 Å². The molecule has 0 aliphatic heterocycles. The number of para-hydroxylation sites is 1. The van der Waals surface area contributed by atoms with E-state index in [1.165, 1.54) is 0 Å². The molecule has 0 fully saturated rings. The van der Waals surface area contributed by atoms with Crippen LogP contribution in [0.15, 0.2) is 60.6 Å². The third kappa shape index (κ3) is 1.71. The molecule has 2 aromatic carbocycles. The number of hydrogen-bond donors (Lipinski definition) is 0. The fraction of sp³-hybridized carbons (Fsp3) is 0.0556. The smallest absolute Gasteiger partial charge is 0.180 e. The van der Waals surface area contributed by atoms with Gasteiger partial charge in [0.1, 0.15) is 5.92 Å². The number of carbonyl (C=O) groups excluding carboxylic acids is 2. The van der Waals surface area contributed by atoms with Crippen LogP contribution in [0.4, 0.5) is 0 Å². The fourth-order valence-electron chi connectivity index (χ4n) is 2.76. The number of Topliss-reactive ketones (excluding diaryl/α,β-unsaturated/α-hetero) is 2. The lowest BCUT2D eigenvalue weighted by molar-refractivity contribution is 0.0888. The van der Waals surface area contributed by atoms with Gasteiger partial charge in [0.15, 0.2) is 11.6 Å². The van der Waals surface area contributed by atoms with Crippen LogP contribution >= 0.6 is 0 Å². The quantitative estimate of drug-likeness (QED) is 0.639. The number of aromatic nitrogens is 1. The first-order valence-electron chi connectivity index (χ1n) is 7.20. The summed E-state index contributed by atoms with van der Waals surface area (Å²) in [6, 6.07) is 15.9. The maximum atomic E-state index is 12.6. The van der Waals surface area contributed by atoms with Crippen LogP contribution in [0.1, 0.15) is 33.7 Å². The summed E-state index contributed by atoms with van der Waals surface area (Å²) in [5.41, 5.74) is 1.77. The van der Waals surface area contributed by atoms with Gasteiger partial charge in [0.25, 0.3) is 0 Å². The number of ketones is 2. The topological polar surface area (TPSA) is 47.0 Å². The first-order chi connectivity index (χ1) is 10.7. The van der Waals surface area contributed by atoms with Crippen LogP contribution in [0.5, 0.6) is 0 Å².